The van der Waals surface area contributed by atoms with Crippen LogP contribution in [0.5, 0.6) is 0 Å². The number of amides is 3. The highest BCUT2D eigenvalue weighted by Gasteiger charge is 2.29. The summed E-state index contributed by atoms with van der Waals surface area (Å²) < 4.78 is 30.4. The molecule has 0 spiro atoms. The fraction of sp³-hybridized carbons (Fsp3) is 0.593. The number of nitrogens with one attached hydrogen (secondary N) is 3. The third-order valence-corrected chi connectivity index (χ3v) is 6.46. The van der Waals surface area contributed by atoms with Crippen molar-refractivity contribution in [2.45, 2.75) is 91.3 Å². The molecule has 0 aromatic heterocycles. The van der Waals surface area contributed by atoms with Crippen LogP contribution in [0.15, 0.2) is 41.8 Å². The van der Waals surface area contributed by atoms with Crippen LogP contribution >= 0.6 is 0 Å². The zero-order valence-electron chi connectivity index (χ0n) is 23.2. The van der Waals surface area contributed by atoms with Crippen molar-refractivity contribution in [1.82, 2.24) is 16.0 Å². The maximum absolute atomic E-state index is 12.9. The molecule has 3 N–H and O–H groups in total. The van der Waals surface area contributed by atoms with E-state index in [0.717, 1.165) is 5.41 Å². The molecule has 208 valence electrons. The van der Waals surface area contributed by atoms with Crippen molar-refractivity contribution in [3.05, 3.63) is 47.4 Å². The van der Waals surface area contributed by atoms with Gasteiger partial charge >= 0.3 is 6.09 Å². The molecule has 0 aliphatic rings. The molecule has 0 bridgehead atoms. The zero-order valence-corrected chi connectivity index (χ0v) is 24.0. The minimum absolute atomic E-state index is 0.139. The van der Waals surface area contributed by atoms with Gasteiger partial charge in [0.1, 0.15) is 17.7 Å². The second-order valence-electron chi connectivity index (χ2n) is 11.0. The molecule has 1 aromatic carbocycles. The molecule has 0 fully saturated rings. The Morgan fingerprint density at radius 2 is 1.51 bits per heavy atom. The molecular formula is C27H43N3O6S. The highest BCUT2D eigenvalue weighted by molar-refractivity contribution is 7.93. The molecule has 1 rings (SSSR count). The molecule has 10 heteroatoms. The zero-order chi connectivity index (χ0) is 28.4. The summed E-state index contributed by atoms with van der Waals surface area (Å²) in [6, 6.07) is 6.49. The van der Waals surface area contributed by atoms with Crippen LogP contribution in [0.3, 0.4) is 0 Å². The first-order chi connectivity index (χ1) is 17.0. The first kappa shape index (κ1) is 32.1. The summed E-state index contributed by atoms with van der Waals surface area (Å²) in [5.41, 5.74) is -0.0457. The summed E-state index contributed by atoms with van der Waals surface area (Å²) in [7, 11) is -3.54. The normalized spacial score (nSPS) is 14.8. The average Bonchev–Trinajstić information content (AvgIpc) is 2.74. The van der Waals surface area contributed by atoms with E-state index in [9.17, 15) is 22.8 Å². The number of carbonyl (C=O) groups excluding carboxylic acids is 3. The van der Waals surface area contributed by atoms with E-state index in [1.807, 2.05) is 19.9 Å². The van der Waals surface area contributed by atoms with Gasteiger partial charge in [0.05, 0.1) is 5.75 Å². The molecule has 0 saturated carbocycles. The van der Waals surface area contributed by atoms with E-state index in [4.69, 9.17) is 4.74 Å². The summed E-state index contributed by atoms with van der Waals surface area (Å²) >= 11 is 0. The molecule has 37 heavy (non-hydrogen) atoms. The number of carbonyl (C=O) groups is 3. The van der Waals surface area contributed by atoms with Crippen LogP contribution in [0.2, 0.25) is 0 Å². The highest BCUT2D eigenvalue weighted by atomic mass is 32.2. The first-order valence-electron chi connectivity index (χ1n) is 12.5. The summed E-state index contributed by atoms with van der Waals surface area (Å²) in [4.78, 5) is 37.9. The van der Waals surface area contributed by atoms with Gasteiger partial charge in [-0.3, -0.25) is 9.59 Å². The number of alkyl carbamates (subject to hydrolysis) is 1. The summed E-state index contributed by atoms with van der Waals surface area (Å²) in [6.45, 7) is 14.2. The van der Waals surface area contributed by atoms with Crippen molar-refractivity contribution < 1.29 is 27.5 Å². The fourth-order valence-electron chi connectivity index (χ4n) is 3.41. The molecule has 0 saturated heterocycles. The minimum Gasteiger partial charge on any atom is -0.444 e. The highest BCUT2D eigenvalue weighted by Crippen LogP contribution is 2.12. The van der Waals surface area contributed by atoms with Crippen LogP contribution in [0.25, 0.3) is 0 Å². The summed E-state index contributed by atoms with van der Waals surface area (Å²) in [6.07, 6.45) is 1.27. The van der Waals surface area contributed by atoms with E-state index in [2.05, 4.69) is 16.0 Å². The number of benzene rings is 1. The fourth-order valence-corrected chi connectivity index (χ4v) is 4.59. The Balaban J connectivity index is 2.85. The maximum Gasteiger partial charge on any atom is 0.408 e. The molecule has 0 heterocycles. The van der Waals surface area contributed by atoms with E-state index in [0.29, 0.717) is 12.0 Å². The largest absolute Gasteiger partial charge is 0.444 e. The van der Waals surface area contributed by atoms with Crippen molar-refractivity contribution >= 4 is 27.7 Å². The monoisotopic (exact) mass is 537 g/mol. The summed E-state index contributed by atoms with van der Waals surface area (Å²) in [5.74, 6) is -1.21. The van der Waals surface area contributed by atoms with Crippen molar-refractivity contribution in [2.24, 2.45) is 11.8 Å². The third kappa shape index (κ3) is 13.3. The van der Waals surface area contributed by atoms with Gasteiger partial charge < -0.3 is 20.7 Å². The Kier molecular flexibility index (Phi) is 12.3. The Morgan fingerprint density at radius 1 is 0.919 bits per heavy atom. The Hall–Kier alpha value is -2.88. The lowest BCUT2D eigenvalue weighted by atomic mass is 10.0. The SMILES string of the molecule is CC(C)C[C@@H](/C=C/S(=O)(=O)Cc1ccccc1)NC(=O)[C@H](C)NC(=O)[C@@H](NC(=O)OC(C)(C)C)C(C)C. The van der Waals surface area contributed by atoms with E-state index >= 15 is 0 Å². The van der Waals surface area contributed by atoms with Crippen molar-refractivity contribution in [2.75, 3.05) is 0 Å². The van der Waals surface area contributed by atoms with Gasteiger partial charge in [0.2, 0.25) is 11.8 Å². The van der Waals surface area contributed by atoms with Gasteiger partial charge in [0.15, 0.2) is 9.84 Å². The smallest absolute Gasteiger partial charge is 0.408 e. The molecular weight excluding hydrogens is 494 g/mol. The van der Waals surface area contributed by atoms with E-state index in [-0.39, 0.29) is 17.6 Å². The quantitative estimate of drug-likeness (QED) is 0.373. The standard InChI is InChI=1S/C27H43N3O6S/c1-18(2)16-22(14-15-37(34,35)17-21-12-10-9-11-13-21)29-24(31)20(5)28-25(32)23(19(3)4)30-26(33)36-27(6,7)8/h9-15,18-20,22-23H,16-17H2,1-8H3,(H,28,32)(H,29,31)(H,30,33)/b15-14+/t20-,22+,23-/m0/s1. The minimum atomic E-state index is -3.54. The van der Waals surface area contributed by atoms with E-state index in [1.165, 1.54) is 13.0 Å². The van der Waals surface area contributed by atoms with E-state index in [1.54, 1.807) is 58.9 Å². The van der Waals surface area contributed by atoms with Crippen molar-refractivity contribution in [1.29, 1.82) is 0 Å². The molecule has 3 amide bonds. The summed E-state index contributed by atoms with van der Waals surface area (Å²) in [5, 5.41) is 9.14. The van der Waals surface area contributed by atoms with Crippen LogP contribution in [0, 0.1) is 11.8 Å². The molecule has 0 aliphatic heterocycles. The predicted octanol–water partition coefficient (Wildman–Crippen LogP) is 3.70. The Bertz CT molecular complexity index is 1030. The number of rotatable bonds is 12. The molecule has 0 radical (unpaired) electrons. The molecule has 0 unspecified atom stereocenters. The van der Waals surface area contributed by atoms with Gasteiger partial charge in [-0.05, 0) is 51.5 Å². The second-order valence-corrected chi connectivity index (χ2v) is 12.9. The number of hydrogen-bond donors (Lipinski definition) is 3. The maximum atomic E-state index is 12.9. The lowest BCUT2D eigenvalue weighted by Gasteiger charge is -2.26. The number of hydrogen-bond acceptors (Lipinski definition) is 6. The predicted molar refractivity (Wildman–Crippen MR) is 145 cm³/mol. The topological polar surface area (TPSA) is 131 Å². The van der Waals surface area contributed by atoms with Crippen molar-refractivity contribution in [3.8, 4) is 0 Å². The van der Waals surface area contributed by atoms with Crippen LogP contribution in [-0.2, 0) is 29.9 Å². The molecule has 3 atom stereocenters. The van der Waals surface area contributed by atoms with Gasteiger partial charge in [0, 0.05) is 11.4 Å². The lowest BCUT2D eigenvalue weighted by Crippen LogP contribution is -2.55. The average molecular weight is 538 g/mol. The third-order valence-electron chi connectivity index (χ3n) is 5.16. The number of sulfone groups is 1. The van der Waals surface area contributed by atoms with Crippen LogP contribution in [-0.4, -0.2) is 50.1 Å². The Labute approximate surface area is 221 Å². The number of ether oxygens (including phenoxy) is 1. The second kappa shape index (κ2) is 14.2. The van der Waals surface area contributed by atoms with Gasteiger partial charge in [-0.25, -0.2) is 13.2 Å². The molecule has 0 aliphatic carbocycles. The van der Waals surface area contributed by atoms with Gasteiger partial charge in [-0.1, -0.05) is 64.1 Å². The van der Waals surface area contributed by atoms with Gasteiger partial charge in [0.25, 0.3) is 0 Å². The molecule has 9 nitrogen and oxygen atoms in total. The van der Waals surface area contributed by atoms with Crippen LogP contribution in [0.4, 0.5) is 4.79 Å². The van der Waals surface area contributed by atoms with Crippen molar-refractivity contribution in [3.63, 3.8) is 0 Å². The Morgan fingerprint density at radius 3 is 2.03 bits per heavy atom. The van der Waals surface area contributed by atoms with E-state index < -0.39 is 51.5 Å². The van der Waals surface area contributed by atoms with Gasteiger partial charge in [-0.2, -0.15) is 0 Å². The van der Waals surface area contributed by atoms with Gasteiger partial charge in [-0.15, -0.1) is 0 Å². The first-order valence-corrected chi connectivity index (χ1v) is 14.3. The lowest BCUT2D eigenvalue weighted by molar-refractivity contribution is -0.130. The van der Waals surface area contributed by atoms with Crippen LogP contribution < -0.4 is 16.0 Å². The van der Waals surface area contributed by atoms with Crippen LogP contribution in [0.1, 0.15) is 67.4 Å². The molecule has 1 aromatic rings.